The largest absolute Gasteiger partial charge is 0.322 e. The van der Waals surface area contributed by atoms with Gasteiger partial charge in [-0.1, -0.05) is 30.3 Å². The number of benzene rings is 2. The van der Waals surface area contributed by atoms with E-state index in [9.17, 15) is 4.79 Å². The molecule has 0 spiro atoms. The van der Waals surface area contributed by atoms with Gasteiger partial charge in [0.25, 0.3) is 5.91 Å². The maximum Gasteiger partial charge on any atom is 0.256 e. The normalized spacial score (nSPS) is 10.5. The Morgan fingerprint density at radius 1 is 1.17 bits per heavy atom. The van der Waals surface area contributed by atoms with Crippen LogP contribution in [-0.2, 0) is 5.75 Å². The lowest BCUT2D eigenvalue weighted by molar-refractivity contribution is 0.102. The van der Waals surface area contributed by atoms with Crippen molar-refractivity contribution in [3.63, 3.8) is 0 Å². The van der Waals surface area contributed by atoms with Crippen molar-refractivity contribution >= 4 is 34.7 Å². The second kappa shape index (κ2) is 7.44. The van der Waals surface area contributed by atoms with Gasteiger partial charge >= 0.3 is 0 Å². The molecular weight excluding hydrogens is 324 g/mol. The van der Waals surface area contributed by atoms with E-state index in [2.05, 4.69) is 10.3 Å². The number of para-hydroxylation sites is 1. The number of amides is 1. The Hall–Kier alpha value is -2.11. The number of carbonyl (C=O) groups is 1. The summed E-state index contributed by atoms with van der Waals surface area (Å²) in [6.07, 6.45) is 0. The molecule has 1 heterocycles. The van der Waals surface area contributed by atoms with Crippen LogP contribution in [0.2, 0.25) is 0 Å². The van der Waals surface area contributed by atoms with Crippen molar-refractivity contribution in [3.05, 3.63) is 76.2 Å². The molecule has 3 nitrogen and oxygen atoms in total. The van der Waals surface area contributed by atoms with E-state index in [1.165, 1.54) is 0 Å². The van der Waals surface area contributed by atoms with Crippen LogP contribution < -0.4 is 5.32 Å². The van der Waals surface area contributed by atoms with Gasteiger partial charge in [-0.2, -0.15) is 0 Å². The highest BCUT2D eigenvalue weighted by Crippen LogP contribution is 2.27. The molecule has 0 aliphatic carbocycles. The van der Waals surface area contributed by atoms with E-state index < -0.39 is 0 Å². The maximum atomic E-state index is 12.6. The molecule has 0 atom stereocenters. The number of thiazole rings is 1. The lowest BCUT2D eigenvalue weighted by Crippen LogP contribution is -2.13. The van der Waals surface area contributed by atoms with Gasteiger partial charge in [0.15, 0.2) is 0 Å². The Kier molecular flexibility index (Phi) is 5.10. The van der Waals surface area contributed by atoms with Gasteiger partial charge in [-0.3, -0.25) is 4.79 Å². The van der Waals surface area contributed by atoms with Gasteiger partial charge in [0.2, 0.25) is 0 Å². The first-order chi connectivity index (χ1) is 11.2. The van der Waals surface area contributed by atoms with Crippen LogP contribution in [-0.4, -0.2) is 10.9 Å². The number of nitrogens with zero attached hydrogens (tertiary/aromatic N) is 1. The average molecular weight is 340 g/mol. The van der Waals surface area contributed by atoms with Crippen molar-refractivity contribution in [1.29, 1.82) is 0 Å². The van der Waals surface area contributed by atoms with E-state index in [-0.39, 0.29) is 5.91 Å². The number of carbonyl (C=O) groups excluding carboxylic acids is 1. The lowest BCUT2D eigenvalue weighted by atomic mass is 10.1. The number of hydrogen-bond donors (Lipinski definition) is 1. The summed E-state index contributed by atoms with van der Waals surface area (Å²) < 4.78 is 0. The first-order valence-corrected chi connectivity index (χ1v) is 9.13. The molecule has 0 saturated heterocycles. The van der Waals surface area contributed by atoms with Gasteiger partial charge in [-0.25, -0.2) is 4.98 Å². The second-order valence-electron chi connectivity index (χ2n) is 5.03. The maximum absolute atomic E-state index is 12.6. The van der Waals surface area contributed by atoms with Crippen molar-refractivity contribution in [2.75, 3.05) is 5.32 Å². The van der Waals surface area contributed by atoms with Crippen molar-refractivity contribution < 1.29 is 4.79 Å². The second-order valence-corrected chi connectivity index (χ2v) is 6.77. The molecule has 0 radical (unpaired) electrons. The molecule has 1 aromatic heterocycles. The van der Waals surface area contributed by atoms with Gasteiger partial charge in [0, 0.05) is 21.7 Å². The summed E-state index contributed by atoms with van der Waals surface area (Å²) in [7, 11) is 0. The molecule has 23 heavy (non-hydrogen) atoms. The van der Waals surface area contributed by atoms with Gasteiger partial charge in [-0.15, -0.1) is 23.1 Å². The first kappa shape index (κ1) is 15.8. The first-order valence-electron chi connectivity index (χ1n) is 7.20. The molecule has 0 aliphatic rings. The van der Waals surface area contributed by atoms with E-state index in [1.54, 1.807) is 23.1 Å². The monoisotopic (exact) mass is 340 g/mol. The summed E-state index contributed by atoms with van der Waals surface area (Å²) in [5, 5.41) is 5.03. The molecule has 116 valence electrons. The van der Waals surface area contributed by atoms with Gasteiger partial charge in [-0.05, 0) is 30.7 Å². The highest BCUT2D eigenvalue weighted by molar-refractivity contribution is 7.98. The third-order valence-electron chi connectivity index (χ3n) is 3.38. The summed E-state index contributed by atoms with van der Waals surface area (Å²) in [6.45, 7) is 1.98. The number of aromatic nitrogens is 1. The number of thioether (sulfide) groups is 1. The van der Waals surface area contributed by atoms with E-state index in [0.717, 1.165) is 27.6 Å². The Labute approximate surface area is 143 Å². The third kappa shape index (κ3) is 4.00. The predicted molar refractivity (Wildman–Crippen MR) is 97.2 cm³/mol. The molecule has 2 aromatic carbocycles. The molecule has 0 bridgehead atoms. The van der Waals surface area contributed by atoms with Gasteiger partial charge < -0.3 is 5.32 Å². The molecule has 0 fully saturated rings. The van der Waals surface area contributed by atoms with Crippen molar-refractivity contribution in [2.24, 2.45) is 0 Å². The Morgan fingerprint density at radius 3 is 2.74 bits per heavy atom. The summed E-state index contributed by atoms with van der Waals surface area (Å²) in [5.41, 5.74) is 5.45. The molecule has 3 rings (SSSR count). The van der Waals surface area contributed by atoms with E-state index in [4.69, 9.17) is 0 Å². The number of anilines is 1. The molecule has 1 amide bonds. The Balaban J connectivity index is 1.76. The quantitative estimate of drug-likeness (QED) is 0.665. The van der Waals surface area contributed by atoms with Crippen LogP contribution in [0.4, 0.5) is 5.69 Å². The minimum Gasteiger partial charge on any atom is -0.322 e. The third-order valence-corrected chi connectivity index (χ3v) is 5.13. The molecule has 0 saturated carbocycles. The fourth-order valence-corrected chi connectivity index (χ4v) is 3.76. The topological polar surface area (TPSA) is 42.0 Å². The van der Waals surface area contributed by atoms with Crippen LogP contribution in [0, 0.1) is 6.92 Å². The Bertz CT molecular complexity index is 800. The minimum atomic E-state index is -0.0827. The molecule has 1 N–H and O–H groups in total. The summed E-state index contributed by atoms with van der Waals surface area (Å²) in [5.74, 6) is 0.679. The van der Waals surface area contributed by atoms with E-state index in [0.29, 0.717) is 5.56 Å². The fraction of sp³-hybridized carbons (Fsp3) is 0.111. The van der Waals surface area contributed by atoms with Crippen LogP contribution in [0.25, 0.3) is 0 Å². The molecule has 0 unspecified atom stereocenters. The molecular formula is C18H16N2OS2. The van der Waals surface area contributed by atoms with Crippen molar-refractivity contribution in [3.8, 4) is 0 Å². The number of nitrogens with one attached hydrogen (secondary N) is 1. The summed E-state index contributed by atoms with van der Waals surface area (Å²) in [4.78, 5) is 17.9. The molecule has 5 heteroatoms. The van der Waals surface area contributed by atoms with E-state index in [1.807, 2.05) is 66.3 Å². The van der Waals surface area contributed by atoms with Crippen LogP contribution >= 0.6 is 23.1 Å². The van der Waals surface area contributed by atoms with Crippen LogP contribution in [0.5, 0.6) is 0 Å². The van der Waals surface area contributed by atoms with Crippen molar-refractivity contribution in [2.45, 2.75) is 17.6 Å². The summed E-state index contributed by atoms with van der Waals surface area (Å²) in [6, 6.07) is 15.5. The SMILES string of the molecule is Cc1ccccc1NC(=O)c1ccccc1SCc1cscn1. The fourth-order valence-electron chi connectivity index (χ4n) is 2.14. The van der Waals surface area contributed by atoms with Crippen LogP contribution in [0.1, 0.15) is 21.6 Å². The summed E-state index contributed by atoms with van der Waals surface area (Å²) >= 11 is 3.22. The number of aryl methyl sites for hydroxylation is 1. The van der Waals surface area contributed by atoms with Crippen LogP contribution in [0.3, 0.4) is 0 Å². The van der Waals surface area contributed by atoms with Gasteiger partial charge in [0.05, 0.1) is 16.8 Å². The molecule has 3 aromatic rings. The van der Waals surface area contributed by atoms with Crippen molar-refractivity contribution in [1.82, 2.24) is 4.98 Å². The van der Waals surface area contributed by atoms with E-state index >= 15 is 0 Å². The number of rotatable bonds is 5. The lowest BCUT2D eigenvalue weighted by Gasteiger charge is -2.11. The zero-order chi connectivity index (χ0) is 16.1. The highest BCUT2D eigenvalue weighted by atomic mass is 32.2. The zero-order valence-corrected chi connectivity index (χ0v) is 14.3. The standard InChI is InChI=1S/C18H16N2OS2/c1-13-6-2-4-8-16(13)20-18(21)15-7-3-5-9-17(15)23-11-14-10-22-12-19-14/h2-10,12H,11H2,1H3,(H,20,21). The average Bonchev–Trinajstić information content (AvgIpc) is 3.09. The Morgan fingerprint density at radius 2 is 1.96 bits per heavy atom. The molecule has 0 aliphatic heterocycles. The zero-order valence-electron chi connectivity index (χ0n) is 12.7. The number of hydrogen-bond acceptors (Lipinski definition) is 4. The highest BCUT2D eigenvalue weighted by Gasteiger charge is 2.12. The predicted octanol–water partition coefficient (Wildman–Crippen LogP) is 5.00. The smallest absolute Gasteiger partial charge is 0.256 e. The minimum absolute atomic E-state index is 0.0827. The van der Waals surface area contributed by atoms with Gasteiger partial charge in [0.1, 0.15) is 0 Å². The van der Waals surface area contributed by atoms with Crippen LogP contribution in [0.15, 0.2) is 64.3 Å².